The molecule has 0 spiro atoms. The zero-order valence-corrected chi connectivity index (χ0v) is 13.6. The Hall–Kier alpha value is -1.46. The fourth-order valence-corrected chi connectivity index (χ4v) is 2.41. The van der Waals surface area contributed by atoms with E-state index in [0.717, 1.165) is 27.8 Å². The number of hydrogen-bond acceptors (Lipinski definition) is 4. The van der Waals surface area contributed by atoms with E-state index in [2.05, 4.69) is 31.2 Å². The van der Waals surface area contributed by atoms with E-state index in [-0.39, 0.29) is 0 Å². The number of nitrogens with one attached hydrogen (secondary N) is 1. The largest absolute Gasteiger partial charge is 0.459 e. The van der Waals surface area contributed by atoms with Crippen LogP contribution in [0.4, 0.5) is 0 Å². The molecule has 1 aromatic carbocycles. The van der Waals surface area contributed by atoms with Crippen LogP contribution < -0.4 is 10.1 Å². The summed E-state index contributed by atoms with van der Waals surface area (Å²) in [5, 5.41) is 3.47. The van der Waals surface area contributed by atoms with E-state index in [0.29, 0.717) is 18.7 Å². The van der Waals surface area contributed by atoms with Crippen LogP contribution >= 0.6 is 15.9 Å². The van der Waals surface area contributed by atoms with Gasteiger partial charge in [-0.15, -0.1) is 0 Å². The van der Waals surface area contributed by atoms with E-state index in [1.165, 1.54) is 12.8 Å². The summed E-state index contributed by atoms with van der Waals surface area (Å²) >= 11 is 3.51. The minimum absolute atomic E-state index is 0.429. The van der Waals surface area contributed by atoms with Crippen LogP contribution in [-0.2, 0) is 13.2 Å². The molecule has 2 aromatic rings. The van der Waals surface area contributed by atoms with Gasteiger partial charge in [0.2, 0.25) is 0 Å². The molecule has 0 unspecified atom stereocenters. The predicted molar refractivity (Wildman–Crippen MR) is 85.1 cm³/mol. The van der Waals surface area contributed by atoms with Crippen LogP contribution in [0.1, 0.15) is 29.7 Å². The first-order chi connectivity index (χ1) is 10.2. The smallest absolute Gasteiger partial charge is 0.316 e. The average Bonchev–Trinajstić information content (AvgIpc) is 3.30. The Labute approximate surface area is 133 Å². The molecule has 1 aliphatic carbocycles. The second kappa shape index (κ2) is 6.54. The molecule has 0 bridgehead atoms. The van der Waals surface area contributed by atoms with Gasteiger partial charge in [0.1, 0.15) is 6.61 Å². The number of hydrogen-bond donors (Lipinski definition) is 1. The fourth-order valence-electron chi connectivity index (χ4n) is 2.01. The van der Waals surface area contributed by atoms with Crippen LogP contribution in [0, 0.1) is 6.92 Å². The lowest BCUT2D eigenvalue weighted by atomic mass is 10.2. The van der Waals surface area contributed by atoms with Crippen molar-refractivity contribution in [3.63, 3.8) is 0 Å². The number of nitrogens with zero attached hydrogens (tertiary/aromatic N) is 2. The van der Waals surface area contributed by atoms with Crippen molar-refractivity contribution in [1.82, 2.24) is 15.3 Å². The molecule has 0 amide bonds. The third-order valence-corrected chi connectivity index (χ3v) is 4.31. The third kappa shape index (κ3) is 4.02. The van der Waals surface area contributed by atoms with Gasteiger partial charge in [-0.3, -0.25) is 0 Å². The predicted octanol–water partition coefficient (Wildman–Crippen LogP) is 3.38. The zero-order valence-electron chi connectivity index (χ0n) is 12.0. The third-order valence-electron chi connectivity index (χ3n) is 3.53. The van der Waals surface area contributed by atoms with Crippen LogP contribution in [0.3, 0.4) is 0 Å². The molecule has 21 heavy (non-hydrogen) atoms. The second-order valence-electron chi connectivity index (χ2n) is 5.30. The first kappa shape index (κ1) is 14.5. The molecular weight excluding hydrogens is 330 g/mol. The monoisotopic (exact) mass is 347 g/mol. The standard InChI is InChI=1S/C16H18BrN3O/c1-11-13(8-18-14-6-7-14)9-19-16(20-11)21-10-12-4-2-3-5-15(12)17/h2-5,9,14,18H,6-8,10H2,1H3. The minimum atomic E-state index is 0.429. The Kier molecular flexibility index (Phi) is 4.51. The van der Waals surface area contributed by atoms with E-state index < -0.39 is 0 Å². The number of benzene rings is 1. The Morgan fingerprint density at radius 2 is 2.10 bits per heavy atom. The van der Waals surface area contributed by atoms with Crippen molar-refractivity contribution in [3.8, 4) is 6.01 Å². The molecule has 3 rings (SSSR count). The van der Waals surface area contributed by atoms with Gasteiger partial charge >= 0.3 is 6.01 Å². The molecule has 110 valence electrons. The van der Waals surface area contributed by atoms with Crippen molar-refractivity contribution in [2.24, 2.45) is 0 Å². The van der Waals surface area contributed by atoms with Crippen LogP contribution in [0.5, 0.6) is 6.01 Å². The highest BCUT2D eigenvalue weighted by atomic mass is 79.9. The van der Waals surface area contributed by atoms with Gasteiger partial charge in [-0.1, -0.05) is 34.1 Å². The maximum absolute atomic E-state index is 5.67. The lowest BCUT2D eigenvalue weighted by Crippen LogP contribution is -2.16. The molecule has 1 saturated carbocycles. The number of aromatic nitrogens is 2. The lowest BCUT2D eigenvalue weighted by Gasteiger charge is -2.09. The number of aryl methyl sites for hydroxylation is 1. The second-order valence-corrected chi connectivity index (χ2v) is 6.15. The molecule has 0 radical (unpaired) electrons. The summed E-state index contributed by atoms with van der Waals surface area (Å²) in [6.07, 6.45) is 4.42. The Bertz CT molecular complexity index is 629. The van der Waals surface area contributed by atoms with E-state index in [1.54, 1.807) is 0 Å². The molecule has 1 aliphatic rings. The quantitative estimate of drug-likeness (QED) is 0.870. The average molecular weight is 348 g/mol. The maximum Gasteiger partial charge on any atom is 0.316 e. The summed E-state index contributed by atoms with van der Waals surface area (Å²) in [6.45, 7) is 3.29. The lowest BCUT2D eigenvalue weighted by molar-refractivity contribution is 0.279. The summed E-state index contributed by atoms with van der Waals surface area (Å²) in [6, 6.07) is 9.11. The molecule has 4 nitrogen and oxygen atoms in total. The van der Waals surface area contributed by atoms with E-state index >= 15 is 0 Å². The minimum Gasteiger partial charge on any atom is -0.459 e. The van der Waals surface area contributed by atoms with Gasteiger partial charge in [-0.2, -0.15) is 0 Å². The van der Waals surface area contributed by atoms with Crippen molar-refractivity contribution in [2.75, 3.05) is 0 Å². The summed E-state index contributed by atoms with van der Waals surface area (Å²) in [7, 11) is 0. The molecule has 1 aromatic heterocycles. The van der Waals surface area contributed by atoms with Crippen LogP contribution in [0.25, 0.3) is 0 Å². The normalized spacial score (nSPS) is 14.2. The summed E-state index contributed by atoms with van der Waals surface area (Å²) in [5.41, 5.74) is 3.19. The highest BCUT2D eigenvalue weighted by Crippen LogP contribution is 2.20. The first-order valence-corrected chi connectivity index (χ1v) is 7.94. The van der Waals surface area contributed by atoms with Gasteiger partial charge in [0.15, 0.2) is 0 Å². The first-order valence-electron chi connectivity index (χ1n) is 7.14. The highest BCUT2D eigenvalue weighted by Gasteiger charge is 2.20. The molecule has 1 fully saturated rings. The van der Waals surface area contributed by atoms with Crippen molar-refractivity contribution in [2.45, 2.75) is 39.0 Å². The van der Waals surface area contributed by atoms with Crippen molar-refractivity contribution in [3.05, 3.63) is 51.8 Å². The van der Waals surface area contributed by atoms with Gasteiger partial charge in [0.05, 0.1) is 0 Å². The molecule has 5 heteroatoms. The van der Waals surface area contributed by atoms with Gasteiger partial charge in [0, 0.05) is 40.1 Å². The number of halogens is 1. The maximum atomic E-state index is 5.67. The van der Waals surface area contributed by atoms with Crippen LogP contribution in [0.2, 0.25) is 0 Å². The number of ether oxygens (including phenoxy) is 1. The number of rotatable bonds is 6. The van der Waals surface area contributed by atoms with E-state index in [1.807, 2.05) is 37.4 Å². The Morgan fingerprint density at radius 3 is 2.81 bits per heavy atom. The van der Waals surface area contributed by atoms with Gasteiger partial charge < -0.3 is 10.1 Å². The topological polar surface area (TPSA) is 47.0 Å². The molecule has 1 heterocycles. The highest BCUT2D eigenvalue weighted by molar-refractivity contribution is 9.10. The van der Waals surface area contributed by atoms with E-state index in [4.69, 9.17) is 4.74 Å². The van der Waals surface area contributed by atoms with Crippen LogP contribution in [-0.4, -0.2) is 16.0 Å². The Balaban J connectivity index is 1.60. The Morgan fingerprint density at radius 1 is 1.29 bits per heavy atom. The molecule has 0 saturated heterocycles. The molecular formula is C16H18BrN3O. The SMILES string of the molecule is Cc1nc(OCc2ccccc2Br)ncc1CNC1CC1. The van der Waals surface area contributed by atoms with Crippen molar-refractivity contribution >= 4 is 15.9 Å². The summed E-state index contributed by atoms with van der Waals surface area (Å²) < 4.78 is 6.71. The van der Waals surface area contributed by atoms with Gasteiger partial charge in [-0.05, 0) is 25.8 Å². The fraction of sp³-hybridized carbons (Fsp3) is 0.375. The zero-order chi connectivity index (χ0) is 14.7. The molecule has 0 atom stereocenters. The van der Waals surface area contributed by atoms with Crippen molar-refractivity contribution < 1.29 is 4.74 Å². The summed E-state index contributed by atoms with van der Waals surface area (Å²) in [4.78, 5) is 8.72. The van der Waals surface area contributed by atoms with E-state index in [9.17, 15) is 0 Å². The van der Waals surface area contributed by atoms with Crippen molar-refractivity contribution in [1.29, 1.82) is 0 Å². The van der Waals surface area contributed by atoms with Crippen LogP contribution in [0.15, 0.2) is 34.9 Å². The van der Waals surface area contributed by atoms with Gasteiger partial charge in [0.25, 0.3) is 0 Å². The molecule has 1 N–H and O–H groups in total. The molecule has 0 aliphatic heterocycles. The van der Waals surface area contributed by atoms with Gasteiger partial charge in [-0.25, -0.2) is 9.97 Å². The summed E-state index contributed by atoms with van der Waals surface area (Å²) in [5.74, 6) is 0.